The molecule has 0 fully saturated rings. The first-order chi connectivity index (χ1) is 7.56. The van der Waals surface area contributed by atoms with Gasteiger partial charge in [0.15, 0.2) is 5.69 Å². The molecular weight excluding hydrogens is 210 g/mol. The van der Waals surface area contributed by atoms with Crippen LogP contribution < -0.4 is 4.90 Å². The minimum atomic E-state index is -1.10. The van der Waals surface area contributed by atoms with E-state index in [0.717, 1.165) is 0 Å². The second-order valence-electron chi connectivity index (χ2n) is 3.58. The lowest BCUT2D eigenvalue weighted by Crippen LogP contribution is -2.34. The normalized spacial score (nSPS) is 10.5. The van der Waals surface area contributed by atoms with E-state index in [4.69, 9.17) is 10.2 Å². The monoisotopic (exact) mass is 225 g/mol. The second-order valence-corrected chi connectivity index (χ2v) is 3.58. The van der Waals surface area contributed by atoms with Gasteiger partial charge in [0, 0.05) is 12.6 Å². The van der Waals surface area contributed by atoms with Gasteiger partial charge >= 0.3 is 5.97 Å². The minimum Gasteiger partial charge on any atom is -0.476 e. The number of rotatable bonds is 5. The van der Waals surface area contributed by atoms with Gasteiger partial charge < -0.3 is 15.1 Å². The summed E-state index contributed by atoms with van der Waals surface area (Å²) >= 11 is 0. The molecule has 1 rings (SSSR count). The maximum absolute atomic E-state index is 10.6. The van der Waals surface area contributed by atoms with Crippen LogP contribution in [0.15, 0.2) is 12.4 Å². The maximum atomic E-state index is 10.6. The van der Waals surface area contributed by atoms with Crippen molar-refractivity contribution in [2.75, 3.05) is 18.1 Å². The largest absolute Gasteiger partial charge is 0.476 e. The Morgan fingerprint density at radius 1 is 1.44 bits per heavy atom. The highest BCUT2D eigenvalue weighted by Crippen LogP contribution is 2.12. The SMILES string of the molecule is CC(C)N(CCO)c1cnc(C(=O)O)cn1. The summed E-state index contributed by atoms with van der Waals surface area (Å²) in [6, 6.07) is 0.164. The zero-order valence-corrected chi connectivity index (χ0v) is 9.29. The number of aliphatic hydroxyl groups excluding tert-OH is 1. The lowest BCUT2D eigenvalue weighted by Gasteiger charge is -2.26. The van der Waals surface area contributed by atoms with Crippen LogP contribution in [-0.2, 0) is 0 Å². The fraction of sp³-hybridized carbons (Fsp3) is 0.500. The van der Waals surface area contributed by atoms with Crippen molar-refractivity contribution in [1.82, 2.24) is 9.97 Å². The zero-order chi connectivity index (χ0) is 12.1. The molecule has 6 heteroatoms. The molecule has 16 heavy (non-hydrogen) atoms. The summed E-state index contributed by atoms with van der Waals surface area (Å²) in [5.74, 6) is -0.536. The summed E-state index contributed by atoms with van der Waals surface area (Å²) < 4.78 is 0. The molecule has 0 bridgehead atoms. The van der Waals surface area contributed by atoms with Gasteiger partial charge in [-0.2, -0.15) is 0 Å². The molecule has 1 heterocycles. The van der Waals surface area contributed by atoms with Gasteiger partial charge in [-0.05, 0) is 13.8 Å². The molecule has 0 atom stereocenters. The Kier molecular flexibility index (Phi) is 4.19. The first-order valence-corrected chi connectivity index (χ1v) is 4.99. The van der Waals surface area contributed by atoms with E-state index in [2.05, 4.69) is 9.97 Å². The Morgan fingerprint density at radius 3 is 2.50 bits per heavy atom. The number of aromatic nitrogens is 2. The fourth-order valence-corrected chi connectivity index (χ4v) is 1.33. The number of aromatic carboxylic acids is 1. The van der Waals surface area contributed by atoms with Gasteiger partial charge in [-0.15, -0.1) is 0 Å². The highest BCUT2D eigenvalue weighted by molar-refractivity contribution is 5.84. The molecule has 0 radical (unpaired) electrons. The Morgan fingerprint density at radius 2 is 2.12 bits per heavy atom. The molecule has 0 saturated carbocycles. The molecular formula is C10H15N3O3. The standard InChI is InChI=1S/C10H15N3O3/c1-7(2)13(3-4-14)9-6-11-8(5-12-9)10(15)16/h5-7,14H,3-4H2,1-2H3,(H,15,16). The topological polar surface area (TPSA) is 86.5 Å². The van der Waals surface area contributed by atoms with Gasteiger partial charge in [0.05, 0.1) is 19.0 Å². The van der Waals surface area contributed by atoms with Crippen LogP contribution in [0.4, 0.5) is 5.82 Å². The van der Waals surface area contributed by atoms with Gasteiger partial charge in [-0.3, -0.25) is 0 Å². The molecule has 88 valence electrons. The Bertz CT molecular complexity index is 351. The van der Waals surface area contributed by atoms with Crippen LogP contribution in [-0.4, -0.2) is 45.3 Å². The van der Waals surface area contributed by atoms with Crippen molar-refractivity contribution in [2.24, 2.45) is 0 Å². The number of anilines is 1. The predicted octanol–water partition coefficient (Wildman–Crippen LogP) is 0.382. The van der Waals surface area contributed by atoms with E-state index >= 15 is 0 Å². The van der Waals surface area contributed by atoms with E-state index in [-0.39, 0.29) is 18.3 Å². The van der Waals surface area contributed by atoms with Crippen LogP contribution >= 0.6 is 0 Å². The van der Waals surface area contributed by atoms with E-state index in [1.54, 1.807) is 0 Å². The van der Waals surface area contributed by atoms with Gasteiger partial charge in [0.2, 0.25) is 0 Å². The highest BCUT2D eigenvalue weighted by Gasteiger charge is 2.12. The number of carboxylic acids is 1. The van der Waals surface area contributed by atoms with Crippen LogP contribution in [0.25, 0.3) is 0 Å². The van der Waals surface area contributed by atoms with Crippen LogP contribution in [0.1, 0.15) is 24.3 Å². The lowest BCUT2D eigenvalue weighted by atomic mass is 10.3. The maximum Gasteiger partial charge on any atom is 0.356 e. The summed E-state index contributed by atoms with van der Waals surface area (Å²) in [4.78, 5) is 20.2. The number of aliphatic hydroxyl groups is 1. The third-order valence-corrected chi connectivity index (χ3v) is 2.12. The first kappa shape index (κ1) is 12.4. The van der Waals surface area contributed by atoms with Crippen molar-refractivity contribution in [3.05, 3.63) is 18.1 Å². The predicted molar refractivity (Wildman–Crippen MR) is 58.6 cm³/mol. The average molecular weight is 225 g/mol. The molecule has 0 aromatic carbocycles. The van der Waals surface area contributed by atoms with Gasteiger partial charge in [-0.1, -0.05) is 0 Å². The van der Waals surface area contributed by atoms with Gasteiger partial charge in [0.25, 0.3) is 0 Å². The fourth-order valence-electron chi connectivity index (χ4n) is 1.33. The van der Waals surface area contributed by atoms with E-state index in [9.17, 15) is 4.79 Å². The smallest absolute Gasteiger partial charge is 0.356 e. The molecule has 1 aromatic rings. The Balaban J connectivity index is 2.89. The minimum absolute atomic E-state index is 0.0144. The average Bonchev–Trinajstić information content (AvgIpc) is 2.25. The molecule has 6 nitrogen and oxygen atoms in total. The quantitative estimate of drug-likeness (QED) is 0.753. The van der Waals surface area contributed by atoms with E-state index < -0.39 is 5.97 Å². The Labute approximate surface area is 93.6 Å². The molecule has 0 aliphatic rings. The van der Waals surface area contributed by atoms with Crippen molar-refractivity contribution < 1.29 is 15.0 Å². The molecule has 0 saturated heterocycles. The third-order valence-electron chi connectivity index (χ3n) is 2.12. The van der Waals surface area contributed by atoms with Crippen molar-refractivity contribution in [3.63, 3.8) is 0 Å². The number of hydrogen-bond donors (Lipinski definition) is 2. The van der Waals surface area contributed by atoms with Crippen LogP contribution in [0.5, 0.6) is 0 Å². The van der Waals surface area contributed by atoms with Gasteiger partial charge in [-0.25, -0.2) is 14.8 Å². The molecule has 0 spiro atoms. The molecule has 0 aliphatic heterocycles. The first-order valence-electron chi connectivity index (χ1n) is 4.99. The summed E-state index contributed by atoms with van der Waals surface area (Å²) in [7, 11) is 0. The third kappa shape index (κ3) is 2.90. The van der Waals surface area contributed by atoms with Crippen LogP contribution in [0.3, 0.4) is 0 Å². The molecule has 1 aromatic heterocycles. The number of carboxylic acid groups (broad SMARTS) is 1. The molecule has 0 amide bonds. The highest BCUT2D eigenvalue weighted by atomic mass is 16.4. The number of carbonyl (C=O) groups is 1. The van der Waals surface area contributed by atoms with Gasteiger partial charge in [0.1, 0.15) is 5.82 Å². The van der Waals surface area contributed by atoms with Crippen LogP contribution in [0.2, 0.25) is 0 Å². The lowest BCUT2D eigenvalue weighted by molar-refractivity contribution is 0.0690. The van der Waals surface area contributed by atoms with Crippen molar-refractivity contribution in [3.8, 4) is 0 Å². The van der Waals surface area contributed by atoms with Crippen molar-refractivity contribution in [1.29, 1.82) is 0 Å². The molecule has 0 unspecified atom stereocenters. The summed E-state index contributed by atoms with van der Waals surface area (Å²) in [6.07, 6.45) is 2.61. The van der Waals surface area contributed by atoms with Crippen LogP contribution in [0, 0.1) is 0 Å². The summed E-state index contributed by atoms with van der Waals surface area (Å²) in [5.41, 5.74) is -0.0866. The van der Waals surface area contributed by atoms with E-state index in [1.165, 1.54) is 12.4 Å². The Hall–Kier alpha value is -1.69. The van der Waals surface area contributed by atoms with Crippen molar-refractivity contribution in [2.45, 2.75) is 19.9 Å². The number of hydrogen-bond acceptors (Lipinski definition) is 5. The zero-order valence-electron chi connectivity index (χ0n) is 9.29. The molecule has 2 N–H and O–H groups in total. The summed E-state index contributed by atoms with van der Waals surface area (Å²) in [5, 5.41) is 17.6. The van der Waals surface area contributed by atoms with E-state index in [1.807, 2.05) is 18.7 Å². The number of nitrogens with zero attached hydrogens (tertiary/aromatic N) is 3. The molecule has 0 aliphatic carbocycles. The van der Waals surface area contributed by atoms with E-state index in [0.29, 0.717) is 12.4 Å². The summed E-state index contributed by atoms with van der Waals surface area (Å²) in [6.45, 7) is 4.38. The van der Waals surface area contributed by atoms with Crippen molar-refractivity contribution >= 4 is 11.8 Å². The second kappa shape index (κ2) is 5.41.